The number of nitrogens with zero attached hydrogens (tertiary/aromatic N) is 2. The highest BCUT2D eigenvalue weighted by Crippen LogP contribution is 2.38. The van der Waals surface area contributed by atoms with Gasteiger partial charge in [0.1, 0.15) is 0 Å². The molecule has 1 aliphatic carbocycles. The highest BCUT2D eigenvalue weighted by Gasteiger charge is 2.35. The first-order valence-corrected chi connectivity index (χ1v) is 11.6. The molecule has 0 spiro atoms. The number of nitrogens with one attached hydrogen (secondary N) is 1. The Bertz CT molecular complexity index is 1280. The van der Waals surface area contributed by atoms with Gasteiger partial charge in [-0.2, -0.15) is 13.2 Å². The smallest absolute Gasteiger partial charge is 0.358 e. The van der Waals surface area contributed by atoms with Crippen LogP contribution in [0.4, 0.5) is 13.2 Å². The molecule has 0 saturated heterocycles. The average molecular weight is 490 g/mol. The van der Waals surface area contributed by atoms with Crippen molar-refractivity contribution in [2.24, 2.45) is 10.9 Å². The van der Waals surface area contributed by atoms with Gasteiger partial charge in [0.25, 0.3) is 0 Å². The number of alkyl halides is 3. The Morgan fingerprint density at radius 1 is 1.15 bits per heavy atom. The van der Waals surface area contributed by atoms with E-state index in [1.54, 1.807) is 18.2 Å². The zero-order valence-corrected chi connectivity index (χ0v) is 20.1. The van der Waals surface area contributed by atoms with Crippen LogP contribution in [0.25, 0.3) is 10.9 Å². The lowest BCUT2D eigenvalue weighted by atomic mass is 9.73. The standard InChI is InChI=1S/C26H27ClF3N3O/c1-15-19(16-5-7-17(8-6-16)26(28,29)30)14-22-23(24(15)31-11-4-12-33(2)3)25(34)20-13-18(27)9-10-21(20)32-22/h5-10,13,15,19H,4,11-12,14H2,1-3H3,(H,32,34)/t15-,19+/m1/s1. The topological polar surface area (TPSA) is 48.5 Å². The Labute approximate surface area is 201 Å². The van der Waals surface area contributed by atoms with E-state index in [0.29, 0.717) is 40.2 Å². The summed E-state index contributed by atoms with van der Waals surface area (Å²) in [5.41, 5.74) is 2.71. The normalized spacial score (nSPS) is 19.7. The molecule has 3 aromatic rings. The van der Waals surface area contributed by atoms with Gasteiger partial charge in [-0.15, -0.1) is 0 Å². The van der Waals surface area contributed by atoms with Gasteiger partial charge < -0.3 is 9.88 Å². The second-order valence-corrected chi connectivity index (χ2v) is 9.58. The summed E-state index contributed by atoms with van der Waals surface area (Å²) in [5, 5.41) is 0.987. The van der Waals surface area contributed by atoms with Crippen molar-refractivity contribution in [1.82, 2.24) is 9.88 Å². The maximum absolute atomic E-state index is 13.5. The lowest BCUT2D eigenvalue weighted by molar-refractivity contribution is -0.137. The molecule has 1 aromatic heterocycles. The van der Waals surface area contributed by atoms with Crippen LogP contribution in [0.2, 0.25) is 5.02 Å². The molecule has 0 bridgehead atoms. The highest BCUT2D eigenvalue weighted by molar-refractivity contribution is 6.31. The van der Waals surface area contributed by atoms with Crippen molar-refractivity contribution in [2.75, 3.05) is 27.2 Å². The molecule has 8 heteroatoms. The molecule has 0 unspecified atom stereocenters. The maximum atomic E-state index is 13.5. The minimum absolute atomic E-state index is 0.109. The lowest BCUT2D eigenvalue weighted by Gasteiger charge is -2.32. The molecule has 0 radical (unpaired) electrons. The Hall–Kier alpha value is -2.64. The fourth-order valence-electron chi connectivity index (χ4n) is 4.68. The second-order valence-electron chi connectivity index (χ2n) is 9.14. The van der Waals surface area contributed by atoms with Gasteiger partial charge in [-0.25, -0.2) is 0 Å². The molecule has 4 rings (SSSR count). The molecule has 1 heterocycles. The number of hydrogen-bond acceptors (Lipinski definition) is 3. The molecule has 34 heavy (non-hydrogen) atoms. The molecule has 2 aromatic carbocycles. The number of halogens is 4. The Balaban J connectivity index is 1.80. The minimum atomic E-state index is -4.38. The van der Waals surface area contributed by atoms with E-state index in [2.05, 4.69) is 9.88 Å². The van der Waals surface area contributed by atoms with Gasteiger partial charge in [0.2, 0.25) is 0 Å². The molecule has 0 saturated carbocycles. The molecular formula is C26H27ClF3N3O. The van der Waals surface area contributed by atoms with Crippen LogP contribution in [0.1, 0.15) is 41.6 Å². The fourth-order valence-corrected chi connectivity index (χ4v) is 4.86. The quantitative estimate of drug-likeness (QED) is 0.452. The SMILES string of the molecule is C[C@H]1C(=NCCCN(C)C)c2c([nH]c3ccc(Cl)cc3c2=O)C[C@@H]1c1ccc(C(F)(F)F)cc1. The number of pyridine rings is 1. The molecule has 180 valence electrons. The van der Waals surface area contributed by atoms with E-state index in [9.17, 15) is 18.0 Å². The van der Waals surface area contributed by atoms with Gasteiger partial charge in [-0.1, -0.05) is 30.7 Å². The zero-order valence-electron chi connectivity index (χ0n) is 19.3. The third-order valence-electron chi connectivity index (χ3n) is 6.47. The highest BCUT2D eigenvalue weighted by atomic mass is 35.5. The second kappa shape index (κ2) is 9.55. The fraction of sp³-hybridized carbons (Fsp3) is 0.385. The summed E-state index contributed by atoms with van der Waals surface area (Å²) in [6.45, 7) is 3.42. The van der Waals surface area contributed by atoms with Crippen molar-refractivity contribution in [3.63, 3.8) is 0 Å². The molecule has 1 N–H and O–H groups in total. The maximum Gasteiger partial charge on any atom is 0.416 e. The average Bonchev–Trinajstić information content (AvgIpc) is 2.78. The van der Waals surface area contributed by atoms with Gasteiger partial charge in [0.05, 0.1) is 16.8 Å². The molecule has 0 amide bonds. The zero-order chi connectivity index (χ0) is 24.6. The first kappa shape index (κ1) is 24.5. The molecule has 1 aliphatic rings. The molecule has 0 fully saturated rings. The van der Waals surface area contributed by atoms with Crippen molar-refractivity contribution < 1.29 is 13.2 Å². The van der Waals surface area contributed by atoms with E-state index in [-0.39, 0.29) is 17.3 Å². The summed E-state index contributed by atoms with van der Waals surface area (Å²) in [6.07, 6.45) is -3.04. The summed E-state index contributed by atoms with van der Waals surface area (Å²) in [5.74, 6) is -0.246. The number of rotatable bonds is 5. The number of H-pyrrole nitrogens is 1. The monoisotopic (exact) mass is 489 g/mol. The van der Waals surface area contributed by atoms with Gasteiger partial charge in [-0.3, -0.25) is 9.79 Å². The predicted octanol–water partition coefficient (Wildman–Crippen LogP) is 5.92. The van der Waals surface area contributed by atoms with E-state index in [1.807, 2.05) is 21.0 Å². The van der Waals surface area contributed by atoms with Crippen molar-refractivity contribution in [2.45, 2.75) is 31.9 Å². The summed E-state index contributed by atoms with van der Waals surface area (Å²) in [4.78, 5) is 23.8. The van der Waals surface area contributed by atoms with Gasteiger partial charge in [-0.05, 0) is 75.3 Å². The van der Waals surface area contributed by atoms with Crippen molar-refractivity contribution in [3.8, 4) is 0 Å². The Morgan fingerprint density at radius 2 is 1.85 bits per heavy atom. The van der Waals surface area contributed by atoms with Crippen LogP contribution in [-0.2, 0) is 12.6 Å². The molecule has 0 aliphatic heterocycles. The molecule has 2 atom stereocenters. The van der Waals surface area contributed by atoms with Crippen molar-refractivity contribution in [3.05, 3.63) is 80.1 Å². The Morgan fingerprint density at radius 3 is 2.50 bits per heavy atom. The van der Waals surface area contributed by atoms with Gasteiger partial charge in [0.15, 0.2) is 5.43 Å². The number of aromatic nitrogens is 1. The molecule has 4 nitrogen and oxygen atoms in total. The third-order valence-corrected chi connectivity index (χ3v) is 6.70. The predicted molar refractivity (Wildman–Crippen MR) is 131 cm³/mol. The van der Waals surface area contributed by atoms with Gasteiger partial charge >= 0.3 is 6.18 Å². The van der Waals surface area contributed by atoms with Crippen LogP contribution in [0.15, 0.2) is 52.3 Å². The first-order chi connectivity index (χ1) is 16.1. The van der Waals surface area contributed by atoms with Crippen LogP contribution in [-0.4, -0.2) is 42.8 Å². The number of fused-ring (bicyclic) bond motifs is 2. The van der Waals surface area contributed by atoms with Gasteiger partial charge in [0, 0.05) is 34.1 Å². The van der Waals surface area contributed by atoms with Crippen LogP contribution < -0.4 is 5.43 Å². The van der Waals surface area contributed by atoms with E-state index in [1.165, 1.54) is 12.1 Å². The largest absolute Gasteiger partial charge is 0.416 e. The molecular weight excluding hydrogens is 463 g/mol. The number of hydrogen-bond donors (Lipinski definition) is 1. The van der Waals surface area contributed by atoms with E-state index in [0.717, 1.165) is 36.4 Å². The Kier molecular flexibility index (Phi) is 6.87. The van der Waals surface area contributed by atoms with E-state index >= 15 is 0 Å². The van der Waals surface area contributed by atoms with Crippen molar-refractivity contribution in [1.29, 1.82) is 0 Å². The number of aliphatic imine (C=N–C) groups is 1. The van der Waals surface area contributed by atoms with Crippen LogP contribution in [0, 0.1) is 5.92 Å². The lowest BCUT2D eigenvalue weighted by Crippen LogP contribution is -2.35. The number of aromatic amines is 1. The van der Waals surface area contributed by atoms with Crippen LogP contribution in [0.3, 0.4) is 0 Å². The van der Waals surface area contributed by atoms with E-state index in [4.69, 9.17) is 16.6 Å². The summed E-state index contributed by atoms with van der Waals surface area (Å²) < 4.78 is 39.2. The van der Waals surface area contributed by atoms with Crippen LogP contribution >= 0.6 is 11.6 Å². The summed E-state index contributed by atoms with van der Waals surface area (Å²) in [7, 11) is 3.99. The third kappa shape index (κ3) is 4.91. The minimum Gasteiger partial charge on any atom is -0.358 e. The summed E-state index contributed by atoms with van der Waals surface area (Å²) in [6, 6.07) is 10.5. The summed E-state index contributed by atoms with van der Waals surface area (Å²) >= 11 is 6.15. The first-order valence-electron chi connectivity index (χ1n) is 11.3. The van der Waals surface area contributed by atoms with Crippen molar-refractivity contribution >= 4 is 28.2 Å². The number of benzene rings is 2. The van der Waals surface area contributed by atoms with Crippen LogP contribution in [0.5, 0.6) is 0 Å². The van der Waals surface area contributed by atoms with E-state index < -0.39 is 11.7 Å².